The van der Waals surface area contributed by atoms with Gasteiger partial charge in [-0.3, -0.25) is 4.79 Å². The van der Waals surface area contributed by atoms with E-state index in [0.717, 1.165) is 18.7 Å². The minimum absolute atomic E-state index is 0.0313. The van der Waals surface area contributed by atoms with Crippen LogP contribution < -0.4 is 4.90 Å². The SMILES string of the molecule is O=C(c1cnc(N2CCc3ccccc32)nc1)N1CCC2(CC1)OCCO2. The second-order valence-electron chi connectivity index (χ2n) is 7.20. The van der Waals surface area contributed by atoms with Gasteiger partial charge >= 0.3 is 0 Å². The molecule has 0 N–H and O–H groups in total. The van der Waals surface area contributed by atoms with E-state index < -0.39 is 5.79 Å². The van der Waals surface area contributed by atoms with Crippen LogP contribution in [0.15, 0.2) is 36.7 Å². The molecule has 1 amide bonds. The molecular weight excluding hydrogens is 344 g/mol. The van der Waals surface area contributed by atoms with E-state index in [2.05, 4.69) is 33.1 Å². The van der Waals surface area contributed by atoms with Crippen LogP contribution in [0.4, 0.5) is 11.6 Å². The van der Waals surface area contributed by atoms with E-state index in [-0.39, 0.29) is 5.91 Å². The van der Waals surface area contributed by atoms with Crippen molar-refractivity contribution in [1.82, 2.24) is 14.9 Å². The highest BCUT2D eigenvalue weighted by molar-refractivity contribution is 5.93. The summed E-state index contributed by atoms with van der Waals surface area (Å²) in [7, 11) is 0. The lowest BCUT2D eigenvalue weighted by molar-refractivity contribution is -0.181. The third-order valence-corrected chi connectivity index (χ3v) is 5.64. The second kappa shape index (κ2) is 6.58. The molecule has 3 aliphatic rings. The molecular formula is C20H22N4O3. The van der Waals surface area contributed by atoms with Crippen molar-refractivity contribution in [2.75, 3.05) is 37.7 Å². The van der Waals surface area contributed by atoms with Gasteiger partial charge in [-0.2, -0.15) is 0 Å². The zero-order valence-corrected chi connectivity index (χ0v) is 15.1. The summed E-state index contributed by atoms with van der Waals surface area (Å²) in [5, 5.41) is 0. The van der Waals surface area contributed by atoms with E-state index in [1.165, 1.54) is 5.56 Å². The Bertz CT molecular complexity index is 839. The fourth-order valence-electron chi connectivity index (χ4n) is 4.14. The number of ether oxygens (including phenoxy) is 2. The van der Waals surface area contributed by atoms with Gasteiger partial charge in [-0.15, -0.1) is 0 Å². The number of hydrogen-bond donors (Lipinski definition) is 0. The molecule has 0 aliphatic carbocycles. The summed E-state index contributed by atoms with van der Waals surface area (Å²) in [5.74, 6) is 0.137. The van der Waals surface area contributed by atoms with Crippen LogP contribution in [0.25, 0.3) is 0 Å². The molecule has 1 aromatic heterocycles. The predicted octanol–water partition coefficient (Wildman–Crippen LogP) is 2.15. The molecule has 0 bridgehead atoms. The number of aromatic nitrogens is 2. The molecule has 0 unspecified atom stereocenters. The number of fused-ring (bicyclic) bond motifs is 1. The lowest BCUT2D eigenvalue weighted by atomic mass is 10.0. The number of carbonyl (C=O) groups is 1. The molecule has 0 saturated carbocycles. The average molecular weight is 366 g/mol. The standard InChI is InChI=1S/C20H22N4O3/c25-18(23-9-6-20(7-10-23)26-11-12-27-20)16-13-21-19(22-14-16)24-8-5-15-3-1-2-4-17(15)24/h1-4,13-14H,5-12H2. The second-order valence-corrected chi connectivity index (χ2v) is 7.20. The summed E-state index contributed by atoms with van der Waals surface area (Å²) < 4.78 is 11.5. The van der Waals surface area contributed by atoms with Gasteiger partial charge in [0, 0.05) is 50.6 Å². The maximum Gasteiger partial charge on any atom is 0.256 e. The van der Waals surface area contributed by atoms with E-state index in [4.69, 9.17) is 9.47 Å². The maximum absolute atomic E-state index is 12.8. The summed E-state index contributed by atoms with van der Waals surface area (Å²) >= 11 is 0. The van der Waals surface area contributed by atoms with Gasteiger partial charge in [0.05, 0.1) is 18.8 Å². The van der Waals surface area contributed by atoms with Crippen molar-refractivity contribution in [1.29, 1.82) is 0 Å². The highest BCUT2D eigenvalue weighted by atomic mass is 16.7. The van der Waals surface area contributed by atoms with Gasteiger partial charge in [0.2, 0.25) is 5.95 Å². The molecule has 7 nitrogen and oxygen atoms in total. The maximum atomic E-state index is 12.8. The first-order chi connectivity index (χ1) is 13.2. The van der Waals surface area contributed by atoms with Crippen molar-refractivity contribution < 1.29 is 14.3 Å². The van der Waals surface area contributed by atoms with Crippen LogP contribution in [0.2, 0.25) is 0 Å². The van der Waals surface area contributed by atoms with Crippen LogP contribution in [0.1, 0.15) is 28.8 Å². The Balaban J connectivity index is 1.28. The molecule has 27 heavy (non-hydrogen) atoms. The average Bonchev–Trinajstić information content (AvgIpc) is 3.36. The van der Waals surface area contributed by atoms with Crippen LogP contribution in [-0.4, -0.2) is 59.4 Å². The molecule has 4 heterocycles. The van der Waals surface area contributed by atoms with Crippen molar-refractivity contribution >= 4 is 17.5 Å². The fraction of sp³-hybridized carbons (Fsp3) is 0.450. The first-order valence-corrected chi connectivity index (χ1v) is 9.49. The van der Waals surface area contributed by atoms with E-state index in [9.17, 15) is 4.79 Å². The Morgan fingerprint density at radius 3 is 2.44 bits per heavy atom. The van der Waals surface area contributed by atoms with Gasteiger partial charge in [-0.25, -0.2) is 9.97 Å². The van der Waals surface area contributed by atoms with Crippen LogP contribution in [0.3, 0.4) is 0 Å². The molecule has 2 fully saturated rings. The molecule has 7 heteroatoms. The van der Waals surface area contributed by atoms with Gasteiger partial charge < -0.3 is 19.3 Å². The highest BCUT2D eigenvalue weighted by Gasteiger charge is 2.41. The van der Waals surface area contributed by atoms with Gasteiger partial charge in [-0.05, 0) is 18.1 Å². The van der Waals surface area contributed by atoms with Gasteiger partial charge in [0.25, 0.3) is 5.91 Å². The zero-order valence-electron chi connectivity index (χ0n) is 15.1. The highest BCUT2D eigenvalue weighted by Crippen LogP contribution is 2.33. The lowest BCUT2D eigenvalue weighted by Crippen LogP contribution is -2.47. The number of anilines is 2. The Hall–Kier alpha value is -2.51. The predicted molar refractivity (Wildman–Crippen MR) is 99.0 cm³/mol. The largest absolute Gasteiger partial charge is 0.347 e. The summed E-state index contributed by atoms with van der Waals surface area (Å²) in [6.45, 7) is 3.40. The van der Waals surface area contributed by atoms with Crippen LogP contribution >= 0.6 is 0 Å². The molecule has 3 aliphatic heterocycles. The lowest BCUT2D eigenvalue weighted by Gasteiger charge is -2.37. The summed E-state index contributed by atoms with van der Waals surface area (Å²) in [6, 6.07) is 8.29. The summed E-state index contributed by atoms with van der Waals surface area (Å²) in [4.78, 5) is 25.6. The number of piperidine rings is 1. The topological polar surface area (TPSA) is 67.8 Å². The van der Waals surface area contributed by atoms with Gasteiger partial charge in [0.15, 0.2) is 5.79 Å². The molecule has 5 rings (SSSR count). The van der Waals surface area contributed by atoms with Crippen LogP contribution in [-0.2, 0) is 15.9 Å². The Kier molecular flexibility index (Phi) is 4.06. The minimum Gasteiger partial charge on any atom is -0.347 e. The summed E-state index contributed by atoms with van der Waals surface area (Å²) in [6.07, 6.45) is 5.68. The Morgan fingerprint density at radius 2 is 1.70 bits per heavy atom. The normalized spacial score (nSPS) is 20.9. The third kappa shape index (κ3) is 2.96. The smallest absolute Gasteiger partial charge is 0.256 e. The van der Waals surface area contributed by atoms with Crippen molar-refractivity contribution in [2.24, 2.45) is 0 Å². The molecule has 2 saturated heterocycles. The number of hydrogen-bond acceptors (Lipinski definition) is 6. The van der Waals surface area contributed by atoms with E-state index in [0.29, 0.717) is 50.7 Å². The van der Waals surface area contributed by atoms with Crippen molar-refractivity contribution in [3.05, 3.63) is 47.8 Å². The number of rotatable bonds is 2. The first kappa shape index (κ1) is 16.6. The van der Waals surface area contributed by atoms with Crippen molar-refractivity contribution in [3.8, 4) is 0 Å². The molecule has 0 radical (unpaired) electrons. The van der Waals surface area contributed by atoms with Crippen LogP contribution in [0.5, 0.6) is 0 Å². The number of nitrogens with zero attached hydrogens (tertiary/aromatic N) is 4. The number of para-hydroxylation sites is 1. The fourth-order valence-corrected chi connectivity index (χ4v) is 4.14. The van der Waals surface area contributed by atoms with E-state index >= 15 is 0 Å². The Morgan fingerprint density at radius 1 is 1.00 bits per heavy atom. The number of likely N-dealkylation sites (tertiary alicyclic amines) is 1. The molecule has 1 spiro atoms. The number of amides is 1. The molecule has 0 atom stereocenters. The summed E-state index contributed by atoms with van der Waals surface area (Å²) in [5.41, 5.74) is 2.98. The number of benzene rings is 1. The first-order valence-electron chi connectivity index (χ1n) is 9.49. The van der Waals surface area contributed by atoms with E-state index in [1.54, 1.807) is 12.4 Å². The molecule has 2 aromatic rings. The minimum atomic E-state index is -0.472. The monoisotopic (exact) mass is 366 g/mol. The van der Waals surface area contributed by atoms with Gasteiger partial charge in [0.1, 0.15) is 0 Å². The molecule has 140 valence electrons. The zero-order chi connectivity index (χ0) is 18.3. The van der Waals surface area contributed by atoms with Gasteiger partial charge in [-0.1, -0.05) is 18.2 Å². The quantitative estimate of drug-likeness (QED) is 0.811. The van der Waals surface area contributed by atoms with Crippen molar-refractivity contribution in [2.45, 2.75) is 25.0 Å². The van der Waals surface area contributed by atoms with E-state index in [1.807, 2.05) is 11.0 Å². The van der Waals surface area contributed by atoms with Crippen LogP contribution in [0, 0.1) is 0 Å². The Labute approximate surface area is 157 Å². The number of carbonyl (C=O) groups excluding carboxylic acids is 1. The van der Waals surface area contributed by atoms with Crippen molar-refractivity contribution in [3.63, 3.8) is 0 Å². The third-order valence-electron chi connectivity index (χ3n) is 5.64. The molecule has 1 aromatic carbocycles.